The zero-order valence-corrected chi connectivity index (χ0v) is 11.0. The van der Waals surface area contributed by atoms with Gasteiger partial charge in [0.15, 0.2) is 0 Å². The van der Waals surface area contributed by atoms with E-state index in [4.69, 9.17) is 0 Å². The van der Waals surface area contributed by atoms with Crippen LogP contribution in [0.15, 0.2) is 0 Å². The van der Waals surface area contributed by atoms with E-state index in [-0.39, 0.29) is 0 Å². The number of hydrogen-bond acceptors (Lipinski definition) is 4. The molecule has 0 amide bonds. The zero-order valence-electron chi connectivity index (χ0n) is 11.0. The highest BCUT2D eigenvalue weighted by Gasteiger charge is 2.17. The second-order valence-electron chi connectivity index (χ2n) is 5.51. The predicted molar refractivity (Wildman–Crippen MR) is 71.7 cm³/mol. The first kappa shape index (κ1) is 12.0. The lowest BCUT2D eigenvalue weighted by Gasteiger charge is -2.25. The first-order chi connectivity index (χ1) is 8.92. The van der Waals surface area contributed by atoms with Crippen LogP contribution in [0.3, 0.4) is 0 Å². The molecule has 3 rings (SSSR count). The highest BCUT2D eigenvalue weighted by molar-refractivity contribution is 5.29. The Morgan fingerprint density at radius 1 is 1.17 bits per heavy atom. The molecule has 0 unspecified atom stereocenters. The van der Waals surface area contributed by atoms with Gasteiger partial charge in [-0.1, -0.05) is 25.7 Å². The van der Waals surface area contributed by atoms with Crippen molar-refractivity contribution >= 4 is 5.95 Å². The minimum atomic E-state index is 0.887. The summed E-state index contributed by atoms with van der Waals surface area (Å²) in [6.07, 6.45) is 8.01. The van der Waals surface area contributed by atoms with Crippen LogP contribution in [0.1, 0.15) is 37.9 Å². The molecular weight excluding hydrogens is 226 g/mol. The third-order valence-electron chi connectivity index (χ3n) is 4.18. The summed E-state index contributed by atoms with van der Waals surface area (Å²) in [5.41, 5.74) is 0. The number of anilines is 1. The average molecular weight is 249 g/mol. The second-order valence-corrected chi connectivity index (χ2v) is 5.51. The third kappa shape index (κ3) is 2.83. The fourth-order valence-electron chi connectivity index (χ4n) is 3.04. The van der Waals surface area contributed by atoms with Gasteiger partial charge in [-0.2, -0.15) is 4.98 Å². The van der Waals surface area contributed by atoms with Gasteiger partial charge in [0, 0.05) is 32.6 Å². The number of hydrogen-bond donors (Lipinski definition) is 2. The van der Waals surface area contributed by atoms with E-state index in [1.54, 1.807) is 0 Å². The monoisotopic (exact) mass is 249 g/mol. The van der Waals surface area contributed by atoms with Gasteiger partial charge < -0.3 is 10.2 Å². The topological polar surface area (TPSA) is 56.8 Å². The standard InChI is InChI=1S/C13H23N5/c1-2-4-11(3-1)5-6-12-15-13(17-16-12)18-9-7-14-8-10-18/h11,14H,1-10H2,(H,15,16,17). The molecule has 100 valence electrons. The first-order valence-corrected chi connectivity index (χ1v) is 7.29. The molecule has 2 N–H and O–H groups in total. The van der Waals surface area contributed by atoms with Crippen LogP contribution >= 0.6 is 0 Å². The largest absolute Gasteiger partial charge is 0.337 e. The van der Waals surface area contributed by atoms with E-state index in [1.165, 1.54) is 32.1 Å². The molecule has 0 bridgehead atoms. The van der Waals surface area contributed by atoms with Crippen LogP contribution in [-0.2, 0) is 6.42 Å². The van der Waals surface area contributed by atoms with Crippen LogP contribution in [0.2, 0.25) is 0 Å². The quantitative estimate of drug-likeness (QED) is 0.845. The smallest absolute Gasteiger partial charge is 0.244 e. The molecule has 5 heteroatoms. The Hall–Kier alpha value is -1.10. The lowest BCUT2D eigenvalue weighted by Crippen LogP contribution is -2.44. The Morgan fingerprint density at radius 3 is 2.72 bits per heavy atom. The van der Waals surface area contributed by atoms with Crippen LogP contribution in [0.5, 0.6) is 0 Å². The van der Waals surface area contributed by atoms with Gasteiger partial charge in [0.2, 0.25) is 5.95 Å². The Kier molecular flexibility index (Phi) is 3.78. The maximum Gasteiger partial charge on any atom is 0.244 e. The Morgan fingerprint density at radius 2 is 1.94 bits per heavy atom. The van der Waals surface area contributed by atoms with Crippen molar-refractivity contribution in [3.8, 4) is 0 Å². The summed E-state index contributed by atoms with van der Waals surface area (Å²) in [5.74, 6) is 2.88. The molecule has 1 aliphatic carbocycles. The molecule has 2 fully saturated rings. The third-order valence-corrected chi connectivity index (χ3v) is 4.18. The molecule has 0 spiro atoms. The summed E-state index contributed by atoms with van der Waals surface area (Å²) in [7, 11) is 0. The molecule has 1 aliphatic heterocycles. The van der Waals surface area contributed by atoms with Crippen molar-refractivity contribution < 1.29 is 0 Å². The van der Waals surface area contributed by atoms with Crippen molar-refractivity contribution in [2.75, 3.05) is 31.1 Å². The maximum absolute atomic E-state index is 4.63. The molecule has 0 radical (unpaired) electrons. The summed E-state index contributed by atoms with van der Waals surface area (Å²) in [5, 5.41) is 10.8. The van der Waals surface area contributed by atoms with Crippen LogP contribution in [-0.4, -0.2) is 41.4 Å². The molecule has 18 heavy (non-hydrogen) atoms. The van der Waals surface area contributed by atoms with Crippen molar-refractivity contribution in [2.45, 2.75) is 38.5 Å². The van der Waals surface area contributed by atoms with Crippen LogP contribution in [0.25, 0.3) is 0 Å². The molecule has 1 aromatic rings. The van der Waals surface area contributed by atoms with Gasteiger partial charge in [-0.15, -0.1) is 5.10 Å². The molecule has 2 aliphatic rings. The van der Waals surface area contributed by atoms with Crippen LogP contribution < -0.4 is 10.2 Å². The predicted octanol–water partition coefficient (Wildman–Crippen LogP) is 1.34. The number of nitrogens with zero attached hydrogens (tertiary/aromatic N) is 3. The number of H-pyrrole nitrogens is 1. The minimum Gasteiger partial charge on any atom is -0.337 e. The van der Waals surface area contributed by atoms with Gasteiger partial charge >= 0.3 is 0 Å². The maximum atomic E-state index is 4.63. The van der Waals surface area contributed by atoms with Gasteiger partial charge in [0.05, 0.1) is 0 Å². The van der Waals surface area contributed by atoms with Crippen molar-refractivity contribution in [1.29, 1.82) is 0 Å². The lowest BCUT2D eigenvalue weighted by atomic mass is 10.0. The Bertz CT molecular complexity index is 363. The Labute approximate surface area is 108 Å². The van der Waals surface area contributed by atoms with E-state index in [9.17, 15) is 0 Å². The van der Waals surface area contributed by atoms with E-state index in [1.807, 2.05) is 0 Å². The number of nitrogens with one attached hydrogen (secondary N) is 2. The van der Waals surface area contributed by atoms with E-state index < -0.39 is 0 Å². The van der Waals surface area contributed by atoms with E-state index in [0.717, 1.165) is 50.3 Å². The van der Waals surface area contributed by atoms with Gasteiger partial charge in [0.25, 0.3) is 0 Å². The summed E-state index contributed by atoms with van der Waals surface area (Å²) in [6.45, 7) is 4.09. The summed E-state index contributed by atoms with van der Waals surface area (Å²) in [6, 6.07) is 0. The lowest BCUT2D eigenvalue weighted by molar-refractivity contribution is 0.497. The molecule has 5 nitrogen and oxygen atoms in total. The van der Waals surface area contributed by atoms with Crippen molar-refractivity contribution in [3.63, 3.8) is 0 Å². The highest BCUT2D eigenvalue weighted by Crippen LogP contribution is 2.28. The number of aromatic amines is 1. The number of aryl methyl sites for hydroxylation is 1. The molecule has 1 saturated carbocycles. The van der Waals surface area contributed by atoms with Crippen molar-refractivity contribution in [1.82, 2.24) is 20.5 Å². The average Bonchev–Trinajstić information content (AvgIpc) is 3.09. The van der Waals surface area contributed by atoms with E-state index in [0.29, 0.717) is 0 Å². The second kappa shape index (κ2) is 5.69. The van der Waals surface area contributed by atoms with Crippen molar-refractivity contribution in [3.05, 3.63) is 5.82 Å². The van der Waals surface area contributed by atoms with E-state index in [2.05, 4.69) is 25.4 Å². The molecule has 1 aromatic heterocycles. The summed E-state index contributed by atoms with van der Waals surface area (Å²) < 4.78 is 0. The first-order valence-electron chi connectivity index (χ1n) is 7.29. The van der Waals surface area contributed by atoms with E-state index >= 15 is 0 Å². The molecule has 2 heterocycles. The fourth-order valence-corrected chi connectivity index (χ4v) is 3.04. The molecule has 0 atom stereocenters. The minimum absolute atomic E-state index is 0.887. The molecule has 0 aromatic carbocycles. The summed E-state index contributed by atoms with van der Waals surface area (Å²) >= 11 is 0. The van der Waals surface area contributed by atoms with Crippen LogP contribution in [0, 0.1) is 5.92 Å². The fraction of sp³-hybridized carbons (Fsp3) is 0.846. The van der Waals surface area contributed by atoms with Crippen LogP contribution in [0.4, 0.5) is 5.95 Å². The molecule has 1 saturated heterocycles. The summed E-state index contributed by atoms with van der Waals surface area (Å²) in [4.78, 5) is 6.88. The number of aromatic nitrogens is 3. The van der Waals surface area contributed by atoms with Gasteiger partial charge in [0.1, 0.15) is 5.82 Å². The number of piperazine rings is 1. The SMILES string of the molecule is C1CCC(CCc2nc(N3CCNCC3)n[nH]2)C1. The number of rotatable bonds is 4. The van der Waals surface area contributed by atoms with Gasteiger partial charge in [-0.25, -0.2) is 0 Å². The molecular formula is C13H23N5. The van der Waals surface area contributed by atoms with Crippen molar-refractivity contribution in [2.24, 2.45) is 5.92 Å². The highest BCUT2D eigenvalue weighted by atomic mass is 15.4. The van der Waals surface area contributed by atoms with Gasteiger partial charge in [-0.3, -0.25) is 5.10 Å². The zero-order chi connectivity index (χ0) is 12.2. The normalized spacial score (nSPS) is 21.7. The Balaban J connectivity index is 1.52. The van der Waals surface area contributed by atoms with Gasteiger partial charge in [-0.05, 0) is 12.3 Å².